The fourth-order valence-corrected chi connectivity index (χ4v) is 3.22. The number of phenolic OH excluding ortho intramolecular Hbond substituents is 1. The van der Waals surface area contributed by atoms with Crippen LogP contribution in [0.4, 0.5) is 0 Å². The molecule has 1 aliphatic heterocycles. The zero-order valence-electron chi connectivity index (χ0n) is 16.8. The Kier molecular flexibility index (Phi) is 5.06. The number of allylic oxidation sites excluding steroid dienone is 6. The molecule has 0 radical (unpaired) electrons. The SMILES string of the molecule is COc1cc(C2=NC(=C3C=CC(=O)C=C3)C(c3ccc(C)cc3)=N2)cc(OC)c1O. The van der Waals surface area contributed by atoms with Crippen LogP contribution in [0.1, 0.15) is 16.7 Å². The van der Waals surface area contributed by atoms with Crippen LogP contribution in [0.5, 0.6) is 17.2 Å². The molecule has 1 N–H and O–H groups in total. The molecule has 2 aromatic rings. The lowest BCUT2D eigenvalue weighted by Crippen LogP contribution is -2.04. The Bertz CT molecular complexity index is 1140. The Hall–Kier alpha value is -3.93. The first kappa shape index (κ1) is 19.4. The lowest BCUT2D eigenvalue weighted by molar-refractivity contribution is -0.110. The number of rotatable bonds is 4. The van der Waals surface area contributed by atoms with Crippen molar-refractivity contribution in [2.75, 3.05) is 14.2 Å². The minimum Gasteiger partial charge on any atom is -0.502 e. The number of carbonyl (C=O) groups is 1. The maximum atomic E-state index is 11.6. The zero-order valence-corrected chi connectivity index (χ0v) is 16.8. The third-order valence-corrected chi connectivity index (χ3v) is 4.85. The van der Waals surface area contributed by atoms with Crippen LogP contribution < -0.4 is 9.47 Å². The number of aliphatic imine (C=N–C) groups is 2. The topological polar surface area (TPSA) is 80.5 Å². The van der Waals surface area contributed by atoms with Crippen LogP contribution in [0.15, 0.2) is 82.0 Å². The number of carbonyl (C=O) groups excluding carboxylic acids is 1. The van der Waals surface area contributed by atoms with Gasteiger partial charge in [0.1, 0.15) is 0 Å². The lowest BCUT2D eigenvalue weighted by atomic mass is 10.00. The standard InChI is InChI=1S/C24H20N2O4/c1-14-4-6-15(7-5-14)21-22(16-8-10-18(27)11-9-16)26-24(25-21)17-12-19(29-2)23(28)20(13-17)30-3/h4-13,28H,1-3H3. The molecule has 6 nitrogen and oxygen atoms in total. The minimum atomic E-state index is -0.0830. The van der Waals surface area contributed by atoms with Gasteiger partial charge >= 0.3 is 0 Å². The zero-order chi connectivity index (χ0) is 21.3. The molecule has 6 heteroatoms. The Morgan fingerprint density at radius 2 is 1.43 bits per heavy atom. The fourth-order valence-electron chi connectivity index (χ4n) is 3.22. The number of hydrogen-bond donors (Lipinski definition) is 1. The van der Waals surface area contributed by atoms with E-state index in [1.807, 2.05) is 31.2 Å². The van der Waals surface area contributed by atoms with Gasteiger partial charge in [-0.3, -0.25) is 4.79 Å². The first-order valence-electron chi connectivity index (χ1n) is 9.34. The summed E-state index contributed by atoms with van der Waals surface area (Å²) in [6.45, 7) is 2.02. The molecule has 30 heavy (non-hydrogen) atoms. The molecule has 0 amide bonds. The van der Waals surface area contributed by atoms with Crippen molar-refractivity contribution >= 4 is 17.3 Å². The second-order valence-electron chi connectivity index (χ2n) is 6.86. The second-order valence-corrected chi connectivity index (χ2v) is 6.86. The number of amidine groups is 1. The van der Waals surface area contributed by atoms with Gasteiger partial charge in [0, 0.05) is 16.7 Å². The number of ether oxygens (including phenoxy) is 2. The van der Waals surface area contributed by atoms with E-state index in [0.717, 1.165) is 16.7 Å². The molecule has 150 valence electrons. The van der Waals surface area contributed by atoms with E-state index in [1.165, 1.54) is 26.4 Å². The molecule has 1 aliphatic carbocycles. The summed E-state index contributed by atoms with van der Waals surface area (Å²) in [5.41, 5.74) is 4.86. The highest BCUT2D eigenvalue weighted by Gasteiger charge is 2.24. The molecule has 0 bridgehead atoms. The van der Waals surface area contributed by atoms with Crippen molar-refractivity contribution in [3.8, 4) is 17.2 Å². The third kappa shape index (κ3) is 3.55. The van der Waals surface area contributed by atoms with Gasteiger partial charge in [-0.1, -0.05) is 29.8 Å². The van der Waals surface area contributed by atoms with E-state index in [9.17, 15) is 9.90 Å². The monoisotopic (exact) mass is 400 g/mol. The van der Waals surface area contributed by atoms with Crippen LogP contribution in [0.2, 0.25) is 0 Å². The average Bonchev–Trinajstić information content (AvgIpc) is 3.20. The molecule has 0 spiro atoms. The predicted molar refractivity (Wildman–Crippen MR) is 116 cm³/mol. The fraction of sp³-hybridized carbons (Fsp3) is 0.125. The maximum absolute atomic E-state index is 11.6. The highest BCUT2D eigenvalue weighted by molar-refractivity contribution is 6.25. The molecule has 2 aliphatic rings. The Labute approximate surface area is 174 Å². The first-order valence-corrected chi connectivity index (χ1v) is 9.34. The van der Waals surface area contributed by atoms with Crippen molar-refractivity contribution in [1.29, 1.82) is 0 Å². The Morgan fingerprint density at radius 1 is 0.833 bits per heavy atom. The molecule has 2 aromatic carbocycles. The van der Waals surface area contributed by atoms with Crippen molar-refractivity contribution in [2.24, 2.45) is 9.98 Å². The van der Waals surface area contributed by atoms with Crippen LogP contribution in [0, 0.1) is 6.92 Å². The smallest absolute Gasteiger partial charge is 0.200 e. The van der Waals surface area contributed by atoms with Gasteiger partial charge in [0.2, 0.25) is 5.75 Å². The summed E-state index contributed by atoms with van der Waals surface area (Å²) in [6, 6.07) is 11.3. The van der Waals surface area contributed by atoms with Gasteiger partial charge in [-0.25, -0.2) is 9.98 Å². The van der Waals surface area contributed by atoms with Crippen molar-refractivity contribution in [3.63, 3.8) is 0 Å². The van der Waals surface area contributed by atoms with Crippen molar-refractivity contribution < 1.29 is 19.4 Å². The molecular formula is C24H20N2O4. The first-order chi connectivity index (χ1) is 14.5. The van der Waals surface area contributed by atoms with Crippen LogP contribution in [-0.2, 0) is 4.79 Å². The summed E-state index contributed by atoms with van der Waals surface area (Å²) in [7, 11) is 2.94. The summed E-state index contributed by atoms with van der Waals surface area (Å²) in [6.07, 6.45) is 6.50. The molecule has 4 rings (SSSR count). The molecule has 0 atom stereocenters. The van der Waals surface area contributed by atoms with Crippen LogP contribution >= 0.6 is 0 Å². The predicted octanol–water partition coefficient (Wildman–Crippen LogP) is 3.92. The summed E-state index contributed by atoms with van der Waals surface area (Å²) < 4.78 is 10.5. The highest BCUT2D eigenvalue weighted by atomic mass is 16.5. The second kappa shape index (κ2) is 7.83. The van der Waals surface area contributed by atoms with Gasteiger partial charge in [0.25, 0.3) is 0 Å². The van der Waals surface area contributed by atoms with Gasteiger partial charge in [0.15, 0.2) is 23.1 Å². The lowest BCUT2D eigenvalue weighted by Gasteiger charge is -2.10. The summed E-state index contributed by atoms with van der Waals surface area (Å²) in [5, 5.41) is 10.2. The number of benzene rings is 2. The number of aryl methyl sites for hydroxylation is 1. The van der Waals surface area contributed by atoms with E-state index < -0.39 is 0 Å². The van der Waals surface area contributed by atoms with E-state index in [-0.39, 0.29) is 23.0 Å². The molecule has 0 saturated carbocycles. The number of ketones is 1. The third-order valence-electron chi connectivity index (χ3n) is 4.85. The Balaban J connectivity index is 1.89. The summed E-state index contributed by atoms with van der Waals surface area (Å²) >= 11 is 0. The van der Waals surface area contributed by atoms with Crippen molar-refractivity contribution in [2.45, 2.75) is 6.92 Å². The number of hydrogen-bond acceptors (Lipinski definition) is 6. The molecule has 0 aromatic heterocycles. The number of nitrogens with zero attached hydrogens (tertiary/aromatic N) is 2. The molecule has 0 fully saturated rings. The van der Waals surface area contributed by atoms with Gasteiger partial charge in [0.05, 0.1) is 25.6 Å². The number of phenols is 1. The summed E-state index contributed by atoms with van der Waals surface area (Å²) in [4.78, 5) is 21.1. The van der Waals surface area contributed by atoms with E-state index >= 15 is 0 Å². The molecule has 0 saturated heterocycles. The molecule has 0 unspecified atom stereocenters. The van der Waals surface area contributed by atoms with Crippen LogP contribution in [-0.4, -0.2) is 36.7 Å². The Morgan fingerprint density at radius 3 is 2.00 bits per heavy atom. The normalized spacial score (nSPS) is 15.4. The van der Waals surface area contributed by atoms with Gasteiger partial charge in [-0.15, -0.1) is 0 Å². The van der Waals surface area contributed by atoms with Gasteiger partial charge in [-0.2, -0.15) is 0 Å². The van der Waals surface area contributed by atoms with Crippen molar-refractivity contribution in [1.82, 2.24) is 0 Å². The van der Waals surface area contributed by atoms with E-state index in [4.69, 9.17) is 19.5 Å². The van der Waals surface area contributed by atoms with Crippen LogP contribution in [0.3, 0.4) is 0 Å². The largest absolute Gasteiger partial charge is 0.502 e. The van der Waals surface area contributed by atoms with Crippen LogP contribution in [0.25, 0.3) is 0 Å². The van der Waals surface area contributed by atoms with E-state index in [2.05, 4.69) is 0 Å². The average molecular weight is 400 g/mol. The number of methoxy groups -OCH3 is 2. The summed E-state index contributed by atoms with van der Waals surface area (Å²) in [5.74, 6) is 0.846. The maximum Gasteiger partial charge on any atom is 0.200 e. The quantitative estimate of drug-likeness (QED) is 0.844. The molecule has 1 heterocycles. The number of aromatic hydroxyl groups is 1. The van der Waals surface area contributed by atoms with Gasteiger partial charge < -0.3 is 14.6 Å². The van der Waals surface area contributed by atoms with E-state index in [1.54, 1.807) is 24.3 Å². The van der Waals surface area contributed by atoms with Crippen molar-refractivity contribution in [3.05, 3.63) is 88.7 Å². The molecular weight excluding hydrogens is 380 g/mol. The minimum absolute atomic E-state index is 0.0663. The van der Waals surface area contributed by atoms with E-state index in [0.29, 0.717) is 22.8 Å². The van der Waals surface area contributed by atoms with Gasteiger partial charge in [-0.05, 0) is 43.4 Å². The highest BCUT2D eigenvalue weighted by Crippen LogP contribution is 2.38.